The van der Waals surface area contributed by atoms with Gasteiger partial charge in [-0.1, -0.05) is 13.8 Å². The highest BCUT2D eigenvalue weighted by molar-refractivity contribution is 6.43. The lowest BCUT2D eigenvalue weighted by molar-refractivity contribution is -0.132. The van der Waals surface area contributed by atoms with E-state index in [9.17, 15) is 9.59 Å². The second kappa shape index (κ2) is 3.36. The Morgan fingerprint density at radius 1 is 1.00 bits per heavy atom. The Labute approximate surface area is 48.9 Å². The molecule has 0 unspecified atom stereocenters. The quantitative estimate of drug-likeness (QED) is 0.500. The normalized spacial score (nSPS) is 8.75. The molecule has 0 bridgehead atoms. The second-order valence-corrected chi connectivity index (χ2v) is 1.31. The summed E-state index contributed by atoms with van der Waals surface area (Å²) in [6, 6.07) is 0. The molecule has 0 aliphatic carbocycles. The second-order valence-electron chi connectivity index (χ2n) is 1.31. The molecule has 0 saturated heterocycles. The van der Waals surface area contributed by atoms with Gasteiger partial charge in [-0.3, -0.25) is 9.59 Å². The zero-order valence-electron chi connectivity index (χ0n) is 4.97. The number of ketones is 2. The number of carbonyl (C=O) groups is 2. The summed E-state index contributed by atoms with van der Waals surface area (Å²) >= 11 is 0. The van der Waals surface area contributed by atoms with E-state index in [0.717, 1.165) is 0 Å². The van der Waals surface area contributed by atoms with Gasteiger partial charge in [-0.15, -0.1) is 0 Å². The third-order valence-electron chi connectivity index (χ3n) is 0.767. The minimum Gasteiger partial charge on any atom is -0.291 e. The summed E-state index contributed by atoms with van der Waals surface area (Å²) in [6.07, 6.45) is 2.50. The fraction of sp³-hybridized carbons (Fsp3) is 0.333. The lowest BCUT2D eigenvalue weighted by Gasteiger charge is -1.86. The highest BCUT2D eigenvalue weighted by Crippen LogP contribution is 1.84. The molecule has 0 atom stereocenters. The molecule has 0 aromatic rings. The molecule has 44 valence electrons. The topological polar surface area (TPSA) is 34.1 Å². The lowest BCUT2D eigenvalue weighted by atomic mass is 10.2. The fourth-order valence-electron chi connectivity index (χ4n) is 0.285. The Bertz CT molecular complexity index is 91.1. The van der Waals surface area contributed by atoms with Gasteiger partial charge in [-0.05, 0) is 0 Å². The minimum absolute atomic E-state index is 0.438. The van der Waals surface area contributed by atoms with Crippen LogP contribution in [0.1, 0.15) is 13.8 Å². The number of rotatable bonds is 3. The number of Topliss-reactive ketones (excluding diaryl/α,β-unsaturated/α-hetero) is 2. The molecule has 0 fully saturated rings. The van der Waals surface area contributed by atoms with Crippen LogP contribution in [-0.2, 0) is 9.59 Å². The van der Waals surface area contributed by atoms with E-state index < -0.39 is 11.6 Å². The van der Waals surface area contributed by atoms with Crippen LogP contribution in [0, 0.1) is 12.8 Å². The highest BCUT2D eigenvalue weighted by Gasteiger charge is 2.06. The van der Waals surface area contributed by atoms with Gasteiger partial charge in [0.2, 0.25) is 11.6 Å². The van der Waals surface area contributed by atoms with Gasteiger partial charge >= 0.3 is 0 Å². The van der Waals surface area contributed by atoms with Gasteiger partial charge in [0.25, 0.3) is 0 Å². The Kier molecular flexibility index (Phi) is 3.08. The Hall–Kier alpha value is -0.660. The van der Waals surface area contributed by atoms with Gasteiger partial charge in [0.05, 0.1) is 0 Å². The van der Waals surface area contributed by atoms with E-state index in [4.69, 9.17) is 0 Å². The average Bonchev–Trinajstić information content (AvgIpc) is 1.84. The molecule has 0 spiro atoms. The van der Waals surface area contributed by atoms with E-state index in [1.54, 1.807) is 13.8 Å². The Balaban J connectivity index is 3.64. The van der Waals surface area contributed by atoms with Gasteiger partial charge in [-0.25, -0.2) is 0 Å². The smallest absolute Gasteiger partial charge is 0.202 e. The molecular formula is C6H8O2. The number of hydrogen-bond donors (Lipinski definition) is 0. The first-order chi connectivity index (χ1) is 3.72. The highest BCUT2D eigenvalue weighted by atomic mass is 16.2. The molecule has 0 amide bonds. The first kappa shape index (κ1) is 7.34. The van der Waals surface area contributed by atoms with Crippen molar-refractivity contribution < 1.29 is 9.59 Å². The van der Waals surface area contributed by atoms with Crippen LogP contribution in [0.4, 0.5) is 0 Å². The van der Waals surface area contributed by atoms with Crippen LogP contribution in [0.5, 0.6) is 0 Å². The average molecular weight is 112 g/mol. The van der Waals surface area contributed by atoms with Crippen LogP contribution in [0.2, 0.25) is 0 Å². The predicted octanol–water partition coefficient (Wildman–Crippen LogP) is 0.573. The Morgan fingerprint density at radius 3 is 1.38 bits per heavy atom. The standard InChI is InChI=1S/C6H8O2/c1-3-5(7)6(8)4-2/h3-4H,1-2H3. The minimum atomic E-state index is -0.438. The van der Waals surface area contributed by atoms with Crippen LogP contribution in [-0.4, -0.2) is 11.6 Å². The zero-order chi connectivity index (χ0) is 6.57. The van der Waals surface area contributed by atoms with E-state index in [0.29, 0.717) is 0 Å². The van der Waals surface area contributed by atoms with Crippen LogP contribution in [0.25, 0.3) is 0 Å². The predicted molar refractivity (Wildman–Crippen MR) is 30.0 cm³/mol. The van der Waals surface area contributed by atoms with Crippen molar-refractivity contribution in [1.29, 1.82) is 0 Å². The largest absolute Gasteiger partial charge is 0.291 e. The van der Waals surface area contributed by atoms with Crippen molar-refractivity contribution in [3.63, 3.8) is 0 Å². The summed E-state index contributed by atoms with van der Waals surface area (Å²) < 4.78 is 0. The number of hydrogen-bond acceptors (Lipinski definition) is 2. The molecule has 0 aliphatic rings. The van der Waals surface area contributed by atoms with Gasteiger partial charge in [0.1, 0.15) is 0 Å². The molecule has 2 nitrogen and oxygen atoms in total. The van der Waals surface area contributed by atoms with E-state index in [-0.39, 0.29) is 0 Å². The molecule has 0 aromatic carbocycles. The fourth-order valence-corrected chi connectivity index (χ4v) is 0.285. The third-order valence-corrected chi connectivity index (χ3v) is 0.767. The van der Waals surface area contributed by atoms with E-state index in [1.165, 1.54) is 12.8 Å². The van der Waals surface area contributed by atoms with Crippen molar-refractivity contribution in [2.24, 2.45) is 0 Å². The molecular weight excluding hydrogens is 104 g/mol. The maximum Gasteiger partial charge on any atom is 0.202 e. The molecule has 2 radical (unpaired) electrons. The summed E-state index contributed by atoms with van der Waals surface area (Å²) in [5, 5.41) is 0. The van der Waals surface area contributed by atoms with Gasteiger partial charge in [0, 0.05) is 12.8 Å². The van der Waals surface area contributed by atoms with Gasteiger partial charge in [0.15, 0.2) is 0 Å². The van der Waals surface area contributed by atoms with E-state index in [1.807, 2.05) is 0 Å². The van der Waals surface area contributed by atoms with Crippen molar-refractivity contribution in [3.05, 3.63) is 12.8 Å². The maximum absolute atomic E-state index is 10.3. The van der Waals surface area contributed by atoms with Gasteiger partial charge in [-0.2, -0.15) is 0 Å². The molecule has 0 N–H and O–H groups in total. The Morgan fingerprint density at radius 2 is 1.25 bits per heavy atom. The summed E-state index contributed by atoms with van der Waals surface area (Å²) in [6.45, 7) is 3.09. The van der Waals surface area contributed by atoms with Gasteiger partial charge < -0.3 is 0 Å². The first-order valence-corrected chi connectivity index (χ1v) is 2.39. The van der Waals surface area contributed by atoms with Crippen molar-refractivity contribution in [2.75, 3.05) is 0 Å². The summed E-state index contributed by atoms with van der Waals surface area (Å²) in [5.74, 6) is -0.875. The van der Waals surface area contributed by atoms with Crippen molar-refractivity contribution >= 4 is 11.6 Å². The SMILES string of the molecule is C[CH]C(=O)C(=O)[CH]C. The van der Waals surface area contributed by atoms with Crippen LogP contribution < -0.4 is 0 Å². The van der Waals surface area contributed by atoms with Crippen LogP contribution >= 0.6 is 0 Å². The molecule has 0 saturated carbocycles. The maximum atomic E-state index is 10.3. The van der Waals surface area contributed by atoms with Crippen molar-refractivity contribution in [2.45, 2.75) is 13.8 Å². The molecule has 0 heterocycles. The van der Waals surface area contributed by atoms with E-state index in [2.05, 4.69) is 0 Å². The lowest BCUT2D eigenvalue weighted by Crippen LogP contribution is -2.11. The molecule has 8 heavy (non-hydrogen) atoms. The summed E-state index contributed by atoms with van der Waals surface area (Å²) in [4.78, 5) is 20.6. The first-order valence-electron chi connectivity index (χ1n) is 2.39. The van der Waals surface area contributed by atoms with Crippen molar-refractivity contribution in [1.82, 2.24) is 0 Å². The molecule has 0 aliphatic heterocycles. The molecule has 0 rings (SSSR count). The zero-order valence-corrected chi connectivity index (χ0v) is 4.97. The summed E-state index contributed by atoms with van der Waals surface area (Å²) in [7, 11) is 0. The summed E-state index contributed by atoms with van der Waals surface area (Å²) in [5.41, 5.74) is 0. The van der Waals surface area contributed by atoms with Crippen LogP contribution in [0.3, 0.4) is 0 Å². The van der Waals surface area contributed by atoms with Crippen molar-refractivity contribution in [3.8, 4) is 0 Å². The molecule has 0 aromatic heterocycles. The molecule has 2 heteroatoms. The van der Waals surface area contributed by atoms with Crippen LogP contribution in [0.15, 0.2) is 0 Å². The third kappa shape index (κ3) is 1.87. The monoisotopic (exact) mass is 112 g/mol. The number of carbonyl (C=O) groups excluding carboxylic acids is 2. The van der Waals surface area contributed by atoms with E-state index >= 15 is 0 Å².